The molecule has 3 amide bonds. The molecule has 0 aromatic heterocycles. The van der Waals surface area contributed by atoms with Crippen molar-refractivity contribution in [3.05, 3.63) is 0 Å². The van der Waals surface area contributed by atoms with E-state index in [0.717, 1.165) is 4.90 Å². The predicted molar refractivity (Wildman–Crippen MR) is 70.7 cm³/mol. The Morgan fingerprint density at radius 1 is 1.16 bits per heavy atom. The molecule has 0 heterocycles. The van der Waals surface area contributed by atoms with Gasteiger partial charge < -0.3 is 20.2 Å². The van der Waals surface area contributed by atoms with Crippen LogP contribution >= 0.6 is 0 Å². The van der Waals surface area contributed by atoms with Crippen molar-refractivity contribution in [2.24, 2.45) is 5.41 Å². The Morgan fingerprint density at radius 3 is 1.95 bits per heavy atom. The molecule has 0 aromatic carbocycles. The number of carboxylic acid groups (broad SMARTS) is 1. The summed E-state index contributed by atoms with van der Waals surface area (Å²) in [5, 5.41) is 11.5. The highest BCUT2D eigenvalue weighted by molar-refractivity contribution is 5.86. The lowest BCUT2D eigenvalue weighted by atomic mass is 9.87. The van der Waals surface area contributed by atoms with Gasteiger partial charge >= 0.3 is 12.0 Å². The molecule has 0 aliphatic carbocycles. The maximum Gasteiger partial charge on any atom is 0.326 e. The second-order valence-corrected chi connectivity index (χ2v) is 5.73. The van der Waals surface area contributed by atoms with Crippen LogP contribution in [0.1, 0.15) is 20.8 Å². The van der Waals surface area contributed by atoms with E-state index in [1.54, 1.807) is 34.9 Å². The minimum absolute atomic E-state index is 0.102. The molecule has 1 unspecified atom stereocenters. The van der Waals surface area contributed by atoms with E-state index in [1.165, 1.54) is 11.9 Å². The van der Waals surface area contributed by atoms with Crippen LogP contribution in [0.2, 0.25) is 0 Å². The number of carboxylic acids is 1. The number of urea groups is 1. The Hall–Kier alpha value is -1.79. The molecule has 0 aliphatic heterocycles. The van der Waals surface area contributed by atoms with Crippen molar-refractivity contribution >= 4 is 17.9 Å². The van der Waals surface area contributed by atoms with Crippen LogP contribution in [0.3, 0.4) is 0 Å². The summed E-state index contributed by atoms with van der Waals surface area (Å²) in [5.41, 5.74) is -0.617. The van der Waals surface area contributed by atoms with E-state index in [4.69, 9.17) is 5.11 Å². The zero-order valence-corrected chi connectivity index (χ0v) is 12.4. The zero-order chi connectivity index (χ0) is 15.4. The molecular weight excluding hydrogens is 250 g/mol. The molecule has 0 saturated heterocycles. The van der Waals surface area contributed by atoms with Gasteiger partial charge in [-0.1, -0.05) is 20.8 Å². The van der Waals surface area contributed by atoms with Gasteiger partial charge in [-0.2, -0.15) is 0 Å². The van der Waals surface area contributed by atoms with E-state index in [2.05, 4.69) is 5.32 Å². The first kappa shape index (κ1) is 17.2. The quantitative estimate of drug-likeness (QED) is 0.766. The molecule has 0 aromatic rings. The number of carbonyl (C=O) groups is 3. The predicted octanol–water partition coefficient (Wildman–Crippen LogP) is 0.215. The molecule has 0 saturated carbocycles. The molecule has 1 atom stereocenters. The third-order valence-corrected chi connectivity index (χ3v) is 2.60. The Kier molecular flexibility index (Phi) is 5.80. The number of nitrogens with one attached hydrogen (secondary N) is 1. The molecule has 0 fully saturated rings. The number of rotatable bonds is 4. The molecule has 7 heteroatoms. The standard InChI is InChI=1S/C12H23N3O4/c1-12(2,3)9(10(17)18)13-11(19)15(6)7-8(16)14(4)5/h9H,7H2,1-6H3,(H,13,19)(H,17,18). The maximum absolute atomic E-state index is 11.8. The summed E-state index contributed by atoms with van der Waals surface area (Å²) >= 11 is 0. The van der Waals surface area contributed by atoms with Crippen molar-refractivity contribution < 1.29 is 19.5 Å². The molecule has 7 nitrogen and oxygen atoms in total. The molecule has 0 rings (SSSR count). The van der Waals surface area contributed by atoms with Gasteiger partial charge in [0, 0.05) is 21.1 Å². The molecule has 0 spiro atoms. The van der Waals surface area contributed by atoms with Crippen molar-refractivity contribution in [2.45, 2.75) is 26.8 Å². The molecule has 110 valence electrons. The fraction of sp³-hybridized carbons (Fsp3) is 0.750. The van der Waals surface area contributed by atoms with Crippen molar-refractivity contribution in [1.82, 2.24) is 15.1 Å². The lowest BCUT2D eigenvalue weighted by molar-refractivity contribution is -0.141. The van der Waals surface area contributed by atoms with Crippen LogP contribution in [0.5, 0.6) is 0 Å². The summed E-state index contributed by atoms with van der Waals surface area (Å²) in [7, 11) is 4.62. The van der Waals surface area contributed by atoms with Crippen LogP contribution in [0.25, 0.3) is 0 Å². The second-order valence-electron chi connectivity index (χ2n) is 5.73. The van der Waals surface area contributed by atoms with Gasteiger partial charge in [-0.25, -0.2) is 9.59 Å². The highest BCUT2D eigenvalue weighted by atomic mass is 16.4. The van der Waals surface area contributed by atoms with Crippen LogP contribution in [0.4, 0.5) is 4.79 Å². The smallest absolute Gasteiger partial charge is 0.326 e. The number of likely N-dealkylation sites (N-methyl/N-ethyl adjacent to an activating group) is 2. The fourth-order valence-electron chi connectivity index (χ4n) is 1.30. The van der Waals surface area contributed by atoms with E-state index in [9.17, 15) is 14.4 Å². The van der Waals surface area contributed by atoms with E-state index in [0.29, 0.717) is 0 Å². The van der Waals surface area contributed by atoms with Crippen LogP contribution in [-0.2, 0) is 9.59 Å². The van der Waals surface area contributed by atoms with Gasteiger partial charge in [-0.3, -0.25) is 4.79 Å². The first-order chi connectivity index (χ1) is 8.46. The lowest BCUT2D eigenvalue weighted by Gasteiger charge is -2.29. The minimum atomic E-state index is -1.10. The van der Waals surface area contributed by atoms with E-state index >= 15 is 0 Å². The largest absolute Gasteiger partial charge is 0.480 e. The third kappa shape index (κ3) is 5.58. The molecule has 19 heavy (non-hydrogen) atoms. The second kappa shape index (κ2) is 6.40. The highest BCUT2D eigenvalue weighted by Crippen LogP contribution is 2.19. The highest BCUT2D eigenvalue weighted by Gasteiger charge is 2.33. The normalized spacial score (nSPS) is 12.5. The summed E-state index contributed by atoms with van der Waals surface area (Å²) < 4.78 is 0. The summed E-state index contributed by atoms with van der Waals surface area (Å²) in [6.45, 7) is 5.06. The van der Waals surface area contributed by atoms with Crippen molar-refractivity contribution in [1.29, 1.82) is 0 Å². The van der Waals surface area contributed by atoms with Gasteiger partial charge in [0.05, 0.1) is 0 Å². The third-order valence-electron chi connectivity index (χ3n) is 2.60. The van der Waals surface area contributed by atoms with Gasteiger partial charge in [-0.15, -0.1) is 0 Å². The Balaban J connectivity index is 4.66. The average Bonchev–Trinajstić information content (AvgIpc) is 2.22. The number of amides is 3. The van der Waals surface area contributed by atoms with Gasteiger partial charge in [0.2, 0.25) is 5.91 Å². The number of aliphatic carboxylic acids is 1. The molecule has 2 N–H and O–H groups in total. The Labute approximate surface area is 113 Å². The van der Waals surface area contributed by atoms with Crippen molar-refractivity contribution in [3.63, 3.8) is 0 Å². The Bertz CT molecular complexity index is 360. The van der Waals surface area contributed by atoms with E-state index in [-0.39, 0.29) is 12.5 Å². The molecule has 0 aliphatic rings. The van der Waals surface area contributed by atoms with Gasteiger partial charge in [0.1, 0.15) is 12.6 Å². The van der Waals surface area contributed by atoms with Gasteiger partial charge in [0.25, 0.3) is 0 Å². The minimum Gasteiger partial charge on any atom is -0.480 e. The number of hydrogen-bond acceptors (Lipinski definition) is 3. The summed E-state index contributed by atoms with van der Waals surface area (Å²) in [5.74, 6) is -1.34. The van der Waals surface area contributed by atoms with Gasteiger partial charge in [-0.05, 0) is 5.41 Å². The average molecular weight is 273 g/mol. The monoisotopic (exact) mass is 273 g/mol. The van der Waals surface area contributed by atoms with Crippen LogP contribution in [0, 0.1) is 5.41 Å². The summed E-state index contributed by atoms with van der Waals surface area (Å²) in [6, 6.07) is -1.60. The fourth-order valence-corrected chi connectivity index (χ4v) is 1.30. The van der Waals surface area contributed by atoms with Gasteiger partial charge in [0.15, 0.2) is 0 Å². The topological polar surface area (TPSA) is 90.0 Å². The first-order valence-corrected chi connectivity index (χ1v) is 5.91. The maximum atomic E-state index is 11.8. The van der Waals surface area contributed by atoms with E-state index in [1.807, 2.05) is 0 Å². The molecule has 0 bridgehead atoms. The van der Waals surface area contributed by atoms with Crippen LogP contribution in [-0.4, -0.2) is 66.5 Å². The van der Waals surface area contributed by atoms with Crippen molar-refractivity contribution in [3.8, 4) is 0 Å². The Morgan fingerprint density at radius 2 is 1.63 bits per heavy atom. The SMILES string of the molecule is CN(C)C(=O)CN(C)C(=O)NC(C(=O)O)C(C)(C)C. The lowest BCUT2D eigenvalue weighted by Crippen LogP contribution is -2.53. The van der Waals surface area contributed by atoms with Crippen molar-refractivity contribution in [2.75, 3.05) is 27.7 Å². The first-order valence-electron chi connectivity index (χ1n) is 5.91. The summed E-state index contributed by atoms with van der Waals surface area (Å²) in [4.78, 5) is 37.0. The van der Waals surface area contributed by atoms with Crippen LogP contribution in [0.15, 0.2) is 0 Å². The number of hydrogen-bond donors (Lipinski definition) is 2. The van der Waals surface area contributed by atoms with Crippen LogP contribution < -0.4 is 5.32 Å². The number of nitrogens with zero attached hydrogens (tertiary/aromatic N) is 2. The number of carbonyl (C=O) groups excluding carboxylic acids is 2. The van der Waals surface area contributed by atoms with E-state index < -0.39 is 23.5 Å². The molecular formula is C12H23N3O4. The molecule has 0 radical (unpaired) electrons. The summed E-state index contributed by atoms with van der Waals surface area (Å²) in [6.07, 6.45) is 0. The zero-order valence-electron chi connectivity index (χ0n) is 12.4.